The minimum Gasteiger partial charge on any atom is -0.355 e. The Hall–Kier alpha value is -2.98. The smallest absolute Gasteiger partial charge is 0.253 e. The maximum atomic E-state index is 13.3. The molecule has 0 saturated carbocycles. The van der Waals surface area contributed by atoms with Crippen LogP contribution < -0.4 is 5.32 Å². The lowest BCUT2D eigenvalue weighted by molar-refractivity contribution is 0.0965. The molecule has 1 amide bonds. The van der Waals surface area contributed by atoms with E-state index < -0.39 is 0 Å². The molecule has 4 heteroatoms. The summed E-state index contributed by atoms with van der Waals surface area (Å²) in [6, 6.07) is 22.5. The van der Waals surface area contributed by atoms with Gasteiger partial charge < -0.3 is 5.32 Å². The molecule has 0 atom stereocenters. The van der Waals surface area contributed by atoms with Crippen molar-refractivity contribution in [2.45, 2.75) is 0 Å². The first-order valence-corrected chi connectivity index (χ1v) is 9.09. The molecule has 0 bridgehead atoms. The monoisotopic (exact) mass is 361 g/mol. The molecule has 1 N–H and O–H groups in total. The summed E-state index contributed by atoms with van der Waals surface area (Å²) < 4.78 is 14.3. The van der Waals surface area contributed by atoms with E-state index in [4.69, 9.17) is 0 Å². The summed E-state index contributed by atoms with van der Waals surface area (Å²) in [5, 5.41) is 3.65. The Morgan fingerprint density at radius 1 is 0.885 bits per heavy atom. The fraction of sp³-hybridized carbons (Fsp3) is 0.0455. The SMILES string of the molecule is CNC(=O)c1c(-c2ccc(F)cc2)sc2ccc(-c3ccccc3)cc12. The zero-order valence-electron chi connectivity index (χ0n) is 14.1. The van der Waals surface area contributed by atoms with Crippen molar-refractivity contribution in [2.75, 3.05) is 7.05 Å². The summed E-state index contributed by atoms with van der Waals surface area (Å²) in [5.41, 5.74) is 3.64. The summed E-state index contributed by atoms with van der Waals surface area (Å²) in [6.07, 6.45) is 0. The average Bonchev–Trinajstić information content (AvgIpc) is 3.07. The van der Waals surface area contributed by atoms with E-state index in [0.29, 0.717) is 5.56 Å². The third kappa shape index (κ3) is 2.89. The molecule has 128 valence electrons. The Morgan fingerprint density at radius 2 is 1.58 bits per heavy atom. The number of hydrogen-bond donors (Lipinski definition) is 1. The van der Waals surface area contributed by atoms with Crippen LogP contribution in [0.3, 0.4) is 0 Å². The van der Waals surface area contributed by atoms with Crippen LogP contribution >= 0.6 is 11.3 Å². The predicted octanol–water partition coefficient (Wildman–Crippen LogP) is 5.73. The van der Waals surface area contributed by atoms with Crippen LogP contribution in [0.4, 0.5) is 4.39 Å². The molecule has 0 spiro atoms. The van der Waals surface area contributed by atoms with E-state index in [-0.39, 0.29) is 11.7 Å². The van der Waals surface area contributed by atoms with Crippen molar-refractivity contribution in [3.05, 3.63) is 84.2 Å². The number of fused-ring (bicyclic) bond motifs is 1. The summed E-state index contributed by atoms with van der Waals surface area (Å²) >= 11 is 1.55. The van der Waals surface area contributed by atoms with Crippen molar-refractivity contribution in [3.63, 3.8) is 0 Å². The highest BCUT2D eigenvalue weighted by atomic mass is 32.1. The molecule has 0 aliphatic heterocycles. The van der Waals surface area contributed by atoms with Crippen LogP contribution in [0.15, 0.2) is 72.8 Å². The Labute approximate surface area is 154 Å². The molecule has 0 aliphatic rings. The van der Waals surface area contributed by atoms with E-state index in [1.54, 1.807) is 30.5 Å². The summed E-state index contributed by atoms with van der Waals surface area (Å²) in [6.45, 7) is 0. The Morgan fingerprint density at radius 3 is 2.27 bits per heavy atom. The van der Waals surface area contributed by atoms with Gasteiger partial charge in [0.2, 0.25) is 0 Å². The number of nitrogens with one attached hydrogen (secondary N) is 1. The Kier molecular flexibility index (Phi) is 4.27. The fourth-order valence-electron chi connectivity index (χ4n) is 3.06. The first-order chi connectivity index (χ1) is 12.7. The number of carbonyl (C=O) groups is 1. The van der Waals surface area contributed by atoms with E-state index in [0.717, 1.165) is 31.7 Å². The van der Waals surface area contributed by atoms with E-state index in [9.17, 15) is 9.18 Å². The van der Waals surface area contributed by atoms with Crippen molar-refractivity contribution in [2.24, 2.45) is 0 Å². The number of amides is 1. The van der Waals surface area contributed by atoms with Crippen LogP contribution in [-0.4, -0.2) is 13.0 Å². The van der Waals surface area contributed by atoms with Crippen LogP contribution in [0.5, 0.6) is 0 Å². The predicted molar refractivity (Wildman–Crippen MR) is 106 cm³/mol. The van der Waals surface area contributed by atoms with Gasteiger partial charge in [-0.25, -0.2) is 4.39 Å². The number of rotatable bonds is 3. The maximum Gasteiger partial charge on any atom is 0.253 e. The third-order valence-electron chi connectivity index (χ3n) is 4.36. The second-order valence-corrected chi connectivity index (χ2v) is 7.02. The first-order valence-electron chi connectivity index (χ1n) is 8.27. The molecule has 0 fully saturated rings. The van der Waals surface area contributed by atoms with Gasteiger partial charge in [0.05, 0.1) is 5.56 Å². The quantitative estimate of drug-likeness (QED) is 0.496. The second-order valence-electron chi connectivity index (χ2n) is 5.97. The van der Waals surface area contributed by atoms with Crippen LogP contribution in [0.2, 0.25) is 0 Å². The molecule has 0 aliphatic carbocycles. The summed E-state index contributed by atoms with van der Waals surface area (Å²) in [7, 11) is 1.63. The van der Waals surface area contributed by atoms with Gasteiger partial charge in [-0.15, -0.1) is 11.3 Å². The maximum absolute atomic E-state index is 13.3. The van der Waals surface area contributed by atoms with Crippen molar-refractivity contribution < 1.29 is 9.18 Å². The van der Waals surface area contributed by atoms with E-state index in [2.05, 4.69) is 17.4 Å². The van der Waals surface area contributed by atoms with Gasteiger partial charge in [-0.05, 0) is 41.0 Å². The van der Waals surface area contributed by atoms with Gasteiger partial charge in [0, 0.05) is 22.0 Å². The molecule has 4 aromatic rings. The molecule has 0 saturated heterocycles. The molecular weight excluding hydrogens is 345 g/mol. The number of thiophene rings is 1. The van der Waals surface area contributed by atoms with Crippen LogP contribution in [-0.2, 0) is 0 Å². The van der Waals surface area contributed by atoms with Gasteiger partial charge in [0.15, 0.2) is 0 Å². The van der Waals surface area contributed by atoms with Crippen molar-refractivity contribution >= 4 is 27.3 Å². The number of carbonyl (C=O) groups excluding carboxylic acids is 1. The number of halogens is 1. The lowest BCUT2D eigenvalue weighted by atomic mass is 10.0. The second kappa shape index (κ2) is 6.73. The molecule has 0 radical (unpaired) electrons. The molecule has 1 aromatic heterocycles. The van der Waals surface area contributed by atoms with E-state index >= 15 is 0 Å². The molecule has 3 aromatic carbocycles. The van der Waals surface area contributed by atoms with Gasteiger partial charge >= 0.3 is 0 Å². The average molecular weight is 361 g/mol. The summed E-state index contributed by atoms with van der Waals surface area (Å²) in [4.78, 5) is 13.5. The van der Waals surface area contributed by atoms with Crippen LogP contribution in [0, 0.1) is 5.82 Å². The van der Waals surface area contributed by atoms with Gasteiger partial charge in [-0.2, -0.15) is 0 Å². The van der Waals surface area contributed by atoms with Gasteiger partial charge in [-0.3, -0.25) is 4.79 Å². The molecule has 4 rings (SSSR count). The molecule has 0 unspecified atom stereocenters. The minimum atomic E-state index is -0.289. The van der Waals surface area contributed by atoms with E-state index in [1.165, 1.54) is 12.1 Å². The van der Waals surface area contributed by atoms with Crippen LogP contribution in [0.1, 0.15) is 10.4 Å². The Bertz CT molecular complexity index is 1080. The van der Waals surface area contributed by atoms with Crippen molar-refractivity contribution in [1.82, 2.24) is 5.32 Å². The topological polar surface area (TPSA) is 29.1 Å². The highest BCUT2D eigenvalue weighted by molar-refractivity contribution is 7.22. The normalized spacial score (nSPS) is 10.8. The standard InChI is InChI=1S/C22H16FNOS/c1-24-22(25)20-18-13-16(14-5-3-2-4-6-14)9-12-19(18)26-21(20)15-7-10-17(23)11-8-15/h2-13H,1H3,(H,24,25). The van der Waals surface area contributed by atoms with Crippen molar-refractivity contribution in [3.8, 4) is 21.6 Å². The lowest BCUT2D eigenvalue weighted by Gasteiger charge is -2.05. The van der Waals surface area contributed by atoms with Crippen LogP contribution in [0.25, 0.3) is 31.7 Å². The van der Waals surface area contributed by atoms with Crippen molar-refractivity contribution in [1.29, 1.82) is 0 Å². The molecular formula is C22H16FNOS. The number of hydrogen-bond acceptors (Lipinski definition) is 2. The minimum absolute atomic E-state index is 0.138. The highest BCUT2D eigenvalue weighted by Gasteiger charge is 2.20. The zero-order chi connectivity index (χ0) is 18.1. The summed E-state index contributed by atoms with van der Waals surface area (Å²) in [5.74, 6) is -0.427. The highest BCUT2D eigenvalue weighted by Crippen LogP contribution is 2.40. The van der Waals surface area contributed by atoms with Gasteiger partial charge in [-0.1, -0.05) is 48.5 Å². The fourth-order valence-corrected chi connectivity index (χ4v) is 4.25. The van der Waals surface area contributed by atoms with Gasteiger partial charge in [0.25, 0.3) is 5.91 Å². The van der Waals surface area contributed by atoms with E-state index in [1.807, 2.05) is 36.4 Å². The Balaban J connectivity index is 1.95. The first kappa shape index (κ1) is 16.5. The zero-order valence-corrected chi connectivity index (χ0v) is 14.9. The molecule has 2 nitrogen and oxygen atoms in total. The molecule has 26 heavy (non-hydrogen) atoms. The van der Waals surface area contributed by atoms with Gasteiger partial charge in [0.1, 0.15) is 5.82 Å². The lowest BCUT2D eigenvalue weighted by Crippen LogP contribution is -2.18. The molecule has 1 heterocycles. The third-order valence-corrected chi connectivity index (χ3v) is 5.58. The largest absolute Gasteiger partial charge is 0.355 e. The number of benzene rings is 3.